The van der Waals surface area contributed by atoms with Crippen molar-refractivity contribution in [3.05, 3.63) is 35.0 Å². The van der Waals surface area contributed by atoms with Crippen molar-refractivity contribution in [2.75, 3.05) is 20.1 Å². The summed E-state index contributed by atoms with van der Waals surface area (Å²) in [6.45, 7) is 2.65. The van der Waals surface area contributed by atoms with Crippen molar-refractivity contribution in [2.24, 2.45) is 0 Å². The van der Waals surface area contributed by atoms with Crippen LogP contribution in [-0.2, 0) is 0 Å². The van der Waals surface area contributed by atoms with Crippen molar-refractivity contribution in [3.8, 4) is 0 Å². The predicted molar refractivity (Wildman–Crippen MR) is 91.7 cm³/mol. The minimum Gasteiger partial charge on any atom is -0.350 e. The van der Waals surface area contributed by atoms with Crippen LogP contribution in [0.1, 0.15) is 25.7 Å². The maximum Gasteiger partial charge on any atom is 0.0513 e. The maximum atomic E-state index is 2.77. The molecule has 2 fully saturated rings. The van der Waals surface area contributed by atoms with E-state index in [0.29, 0.717) is 10.8 Å². The third-order valence-electron chi connectivity index (χ3n) is 4.99. The van der Waals surface area contributed by atoms with Crippen LogP contribution in [0.2, 0.25) is 0 Å². The second-order valence-electron chi connectivity index (χ2n) is 5.87. The molecule has 4 rings (SSSR count). The first-order chi connectivity index (χ1) is 8.79. The smallest absolute Gasteiger partial charge is 0.0513 e. The molecule has 0 aromatic rings. The molecule has 0 saturated carbocycles. The van der Waals surface area contributed by atoms with Crippen molar-refractivity contribution in [3.63, 3.8) is 0 Å². The number of likely N-dealkylation sites (N-methyl/N-ethyl adjacent to an activating group) is 1. The minimum absolute atomic E-state index is 0. The maximum absolute atomic E-state index is 2.77. The van der Waals surface area contributed by atoms with E-state index in [1.165, 1.54) is 49.4 Å². The average Bonchev–Trinajstić information content (AvgIpc) is 3.01. The third kappa shape index (κ3) is 2.23. The highest BCUT2D eigenvalue weighted by atomic mass is 35.5. The number of hydrogen-bond acceptors (Lipinski definition) is 3. The van der Waals surface area contributed by atoms with Gasteiger partial charge < -0.3 is 4.90 Å². The quantitative estimate of drug-likeness (QED) is 0.721. The van der Waals surface area contributed by atoms with Crippen molar-refractivity contribution in [1.82, 2.24) is 9.80 Å². The van der Waals surface area contributed by atoms with Gasteiger partial charge in [-0.25, -0.2) is 0 Å². The fourth-order valence-electron chi connectivity index (χ4n) is 4.09. The zero-order valence-corrected chi connectivity index (χ0v) is 14.2. The van der Waals surface area contributed by atoms with Crippen molar-refractivity contribution < 1.29 is 0 Å². The molecule has 4 heterocycles. The van der Waals surface area contributed by atoms with Gasteiger partial charge >= 0.3 is 0 Å². The molecule has 5 heteroatoms. The lowest BCUT2D eigenvalue weighted by Crippen LogP contribution is -2.45. The molecule has 2 nitrogen and oxygen atoms in total. The number of halogens is 2. The zero-order chi connectivity index (χ0) is 12.2. The Morgan fingerprint density at radius 1 is 1.20 bits per heavy atom. The number of hydrogen-bond donors (Lipinski definition) is 0. The molecule has 0 aromatic heterocycles. The lowest BCUT2D eigenvalue weighted by Gasteiger charge is -2.36. The van der Waals surface area contributed by atoms with E-state index >= 15 is 0 Å². The lowest BCUT2D eigenvalue weighted by molar-refractivity contribution is 0.204. The molecule has 2 saturated heterocycles. The van der Waals surface area contributed by atoms with Crippen LogP contribution in [0.3, 0.4) is 0 Å². The number of rotatable bonds is 1. The zero-order valence-electron chi connectivity index (χ0n) is 11.7. The molecule has 0 aliphatic carbocycles. The fraction of sp³-hybridized carbons (Fsp3) is 0.600. The fourth-order valence-corrected chi connectivity index (χ4v) is 5.66. The molecule has 4 aliphatic heterocycles. The molecule has 20 heavy (non-hydrogen) atoms. The van der Waals surface area contributed by atoms with Crippen LogP contribution in [-0.4, -0.2) is 40.7 Å². The second-order valence-corrected chi connectivity index (χ2v) is 7.05. The summed E-state index contributed by atoms with van der Waals surface area (Å²) in [6, 6.07) is 0. The number of thioether (sulfide) groups is 1. The highest BCUT2D eigenvalue weighted by molar-refractivity contribution is 8.04. The molecular formula is C15H22Cl2N2S. The summed E-state index contributed by atoms with van der Waals surface area (Å²) in [5.74, 6) is 0. The van der Waals surface area contributed by atoms with E-state index in [1.807, 2.05) is 0 Å². The Kier molecular flexibility index (Phi) is 4.85. The molecule has 112 valence electrons. The van der Waals surface area contributed by atoms with Gasteiger partial charge in [0.25, 0.3) is 0 Å². The molecule has 0 aromatic carbocycles. The van der Waals surface area contributed by atoms with Crippen molar-refractivity contribution >= 4 is 36.6 Å². The summed E-state index contributed by atoms with van der Waals surface area (Å²) >= 11 is 2.10. The molecule has 0 spiro atoms. The Bertz CT molecular complexity index is 462. The monoisotopic (exact) mass is 332 g/mol. The van der Waals surface area contributed by atoms with Gasteiger partial charge in [0.2, 0.25) is 0 Å². The average molecular weight is 333 g/mol. The first-order valence-electron chi connectivity index (χ1n) is 7.05. The molecule has 0 radical (unpaired) electrons. The number of nitrogens with zero attached hydrogens (tertiary/aromatic N) is 2. The summed E-state index contributed by atoms with van der Waals surface area (Å²) in [5.41, 5.74) is 1.91. The number of fused-ring (bicyclic) bond motifs is 2. The highest BCUT2D eigenvalue weighted by Crippen LogP contribution is 2.52. The van der Waals surface area contributed by atoms with Gasteiger partial charge in [0, 0.05) is 28.9 Å². The standard InChI is InChI=1S/C15H20N2S.2ClH/c1-16-8-2-5-13-12(16)11-14(18-13)15-6-3-9-17(15)10-4-7-15;;/h2,5,8,11,14H,3-4,6-7,9-10H2,1H3;2*1H. The molecule has 0 amide bonds. The van der Waals surface area contributed by atoms with Crippen LogP contribution in [0.5, 0.6) is 0 Å². The summed E-state index contributed by atoms with van der Waals surface area (Å²) in [7, 11) is 2.16. The van der Waals surface area contributed by atoms with Crippen LogP contribution < -0.4 is 0 Å². The Morgan fingerprint density at radius 3 is 2.55 bits per heavy atom. The van der Waals surface area contributed by atoms with Gasteiger partial charge in [-0.1, -0.05) is 0 Å². The van der Waals surface area contributed by atoms with Gasteiger partial charge in [0.05, 0.1) is 5.70 Å². The van der Waals surface area contributed by atoms with Gasteiger partial charge in [0.1, 0.15) is 0 Å². The summed E-state index contributed by atoms with van der Waals surface area (Å²) in [5, 5.41) is 0.672. The van der Waals surface area contributed by atoms with Crippen molar-refractivity contribution in [1.29, 1.82) is 0 Å². The molecule has 1 unspecified atom stereocenters. The first kappa shape index (κ1) is 16.3. The van der Waals surface area contributed by atoms with E-state index in [4.69, 9.17) is 0 Å². The molecule has 1 atom stereocenters. The summed E-state index contributed by atoms with van der Waals surface area (Å²) in [4.78, 5) is 6.51. The van der Waals surface area contributed by atoms with Crippen LogP contribution in [0.15, 0.2) is 35.0 Å². The number of allylic oxidation sites excluding steroid dienone is 2. The van der Waals surface area contributed by atoms with Gasteiger partial charge in [-0.3, -0.25) is 4.90 Å². The topological polar surface area (TPSA) is 6.48 Å². The van der Waals surface area contributed by atoms with E-state index in [0.717, 1.165) is 0 Å². The van der Waals surface area contributed by atoms with Crippen molar-refractivity contribution in [2.45, 2.75) is 36.5 Å². The van der Waals surface area contributed by atoms with E-state index in [2.05, 4.69) is 53.0 Å². The predicted octanol–water partition coefficient (Wildman–Crippen LogP) is 3.80. The largest absolute Gasteiger partial charge is 0.350 e. The minimum atomic E-state index is 0. The Morgan fingerprint density at radius 2 is 1.90 bits per heavy atom. The van der Waals surface area contributed by atoms with E-state index < -0.39 is 0 Å². The van der Waals surface area contributed by atoms with Crippen LogP contribution in [0.4, 0.5) is 0 Å². The van der Waals surface area contributed by atoms with E-state index in [-0.39, 0.29) is 24.8 Å². The van der Waals surface area contributed by atoms with Crippen LogP contribution in [0, 0.1) is 0 Å². The Hall–Kier alpha value is -0.0900. The van der Waals surface area contributed by atoms with Gasteiger partial charge in [-0.05, 0) is 57.0 Å². The molecule has 0 N–H and O–H groups in total. The third-order valence-corrected chi connectivity index (χ3v) is 6.42. The first-order valence-corrected chi connectivity index (χ1v) is 7.93. The second kappa shape index (κ2) is 5.96. The normalized spacial score (nSPS) is 30.1. The Labute approximate surface area is 138 Å². The van der Waals surface area contributed by atoms with Gasteiger partial charge in [-0.15, -0.1) is 36.6 Å². The lowest BCUT2D eigenvalue weighted by atomic mass is 9.89. The van der Waals surface area contributed by atoms with E-state index in [1.54, 1.807) is 0 Å². The summed E-state index contributed by atoms with van der Waals surface area (Å²) in [6.07, 6.45) is 14.7. The highest BCUT2D eigenvalue weighted by Gasteiger charge is 2.51. The van der Waals surface area contributed by atoms with Gasteiger partial charge in [-0.2, -0.15) is 0 Å². The Balaban J connectivity index is 0.000000735. The molecule has 4 aliphatic rings. The van der Waals surface area contributed by atoms with Crippen LogP contribution in [0.25, 0.3) is 0 Å². The van der Waals surface area contributed by atoms with E-state index in [9.17, 15) is 0 Å². The molecular weight excluding hydrogens is 311 g/mol. The van der Waals surface area contributed by atoms with Gasteiger partial charge in [0.15, 0.2) is 0 Å². The summed E-state index contributed by atoms with van der Waals surface area (Å²) < 4.78 is 0. The van der Waals surface area contributed by atoms with Crippen LogP contribution >= 0.6 is 36.6 Å². The SMILES string of the molecule is CN1C=CC=C2SC(C34CCCN3CCC4)C=C21.Cl.Cl. The molecule has 0 bridgehead atoms.